The van der Waals surface area contributed by atoms with Crippen LogP contribution in [-0.4, -0.2) is 68.7 Å². The third-order valence-electron chi connectivity index (χ3n) is 5.67. The zero-order chi connectivity index (χ0) is 24.0. The number of carboxylic acid groups (broad SMARTS) is 1. The van der Waals surface area contributed by atoms with Gasteiger partial charge in [-0.2, -0.15) is 0 Å². The Labute approximate surface area is 200 Å². The molecule has 2 N–H and O–H groups in total. The SMILES string of the molecule is Cc1ccc(Sc2ccc(S(=O)(=O)C(CN[C@@H](C(=O)O)C(C)C)N3CCOCC3)cc2)cc1. The summed E-state index contributed by atoms with van der Waals surface area (Å²) < 4.78 is 32.6. The van der Waals surface area contributed by atoms with Crippen LogP contribution < -0.4 is 5.32 Å². The molecule has 0 saturated carbocycles. The molecule has 0 spiro atoms. The molecule has 0 amide bonds. The second kappa shape index (κ2) is 11.5. The van der Waals surface area contributed by atoms with Crippen LogP contribution in [-0.2, 0) is 19.4 Å². The van der Waals surface area contributed by atoms with E-state index in [0.717, 1.165) is 9.79 Å². The van der Waals surface area contributed by atoms with E-state index in [1.165, 1.54) is 5.56 Å². The first-order valence-electron chi connectivity index (χ1n) is 11.0. The van der Waals surface area contributed by atoms with E-state index in [-0.39, 0.29) is 17.4 Å². The van der Waals surface area contributed by atoms with Gasteiger partial charge in [0.15, 0.2) is 9.84 Å². The van der Waals surface area contributed by atoms with Gasteiger partial charge in [0, 0.05) is 29.4 Å². The summed E-state index contributed by atoms with van der Waals surface area (Å²) in [6.45, 7) is 7.52. The number of rotatable bonds is 10. The van der Waals surface area contributed by atoms with Crippen LogP contribution in [0.2, 0.25) is 0 Å². The number of carboxylic acids is 1. The van der Waals surface area contributed by atoms with Crippen LogP contribution >= 0.6 is 11.8 Å². The third kappa shape index (κ3) is 6.80. The average Bonchev–Trinajstić information content (AvgIpc) is 2.78. The van der Waals surface area contributed by atoms with Crippen molar-refractivity contribution in [1.82, 2.24) is 10.2 Å². The Morgan fingerprint density at radius 3 is 2.12 bits per heavy atom. The van der Waals surface area contributed by atoms with E-state index in [4.69, 9.17) is 4.74 Å². The van der Waals surface area contributed by atoms with Crippen molar-refractivity contribution in [3.63, 3.8) is 0 Å². The van der Waals surface area contributed by atoms with Gasteiger partial charge in [-0.15, -0.1) is 0 Å². The highest BCUT2D eigenvalue weighted by atomic mass is 32.2. The van der Waals surface area contributed by atoms with Gasteiger partial charge in [-0.1, -0.05) is 43.3 Å². The zero-order valence-corrected chi connectivity index (χ0v) is 20.9. The second-order valence-corrected chi connectivity index (χ2v) is 11.8. The second-order valence-electron chi connectivity index (χ2n) is 8.50. The fraction of sp³-hybridized carbons (Fsp3) is 0.458. The van der Waals surface area contributed by atoms with Gasteiger partial charge in [0.25, 0.3) is 0 Å². The summed E-state index contributed by atoms with van der Waals surface area (Å²) >= 11 is 1.57. The van der Waals surface area contributed by atoms with Crippen molar-refractivity contribution in [1.29, 1.82) is 0 Å². The van der Waals surface area contributed by atoms with Gasteiger partial charge in [0.05, 0.1) is 18.1 Å². The Balaban J connectivity index is 1.80. The molecule has 1 saturated heterocycles. The minimum atomic E-state index is -3.74. The van der Waals surface area contributed by atoms with Gasteiger partial charge in [-0.05, 0) is 49.2 Å². The number of hydrogen-bond donors (Lipinski definition) is 2. The molecule has 9 heteroatoms. The number of morpholine rings is 1. The van der Waals surface area contributed by atoms with Crippen LogP contribution in [0.4, 0.5) is 0 Å². The van der Waals surface area contributed by atoms with E-state index in [9.17, 15) is 18.3 Å². The van der Waals surface area contributed by atoms with Crippen LogP contribution in [0.25, 0.3) is 0 Å². The molecule has 2 aromatic rings. The van der Waals surface area contributed by atoms with Crippen molar-refractivity contribution in [2.24, 2.45) is 5.92 Å². The van der Waals surface area contributed by atoms with E-state index >= 15 is 0 Å². The van der Waals surface area contributed by atoms with Gasteiger partial charge >= 0.3 is 5.97 Å². The number of sulfone groups is 1. The molecule has 1 aliphatic rings. The highest BCUT2D eigenvalue weighted by Gasteiger charge is 2.35. The molecule has 2 atom stereocenters. The van der Waals surface area contributed by atoms with Gasteiger partial charge in [-0.25, -0.2) is 8.42 Å². The molecule has 0 bridgehead atoms. The van der Waals surface area contributed by atoms with Crippen molar-refractivity contribution >= 4 is 27.6 Å². The quantitative estimate of drug-likeness (QED) is 0.522. The first-order chi connectivity index (χ1) is 15.7. The molecule has 0 radical (unpaired) electrons. The fourth-order valence-corrected chi connectivity index (χ4v) is 6.30. The number of nitrogens with one attached hydrogen (secondary N) is 1. The predicted molar refractivity (Wildman–Crippen MR) is 129 cm³/mol. The molecule has 33 heavy (non-hydrogen) atoms. The van der Waals surface area contributed by atoms with Crippen LogP contribution in [0.1, 0.15) is 19.4 Å². The number of carbonyl (C=O) groups is 1. The molecule has 180 valence electrons. The van der Waals surface area contributed by atoms with Crippen molar-refractivity contribution in [2.75, 3.05) is 32.8 Å². The zero-order valence-electron chi connectivity index (χ0n) is 19.2. The first-order valence-corrected chi connectivity index (χ1v) is 13.4. The maximum Gasteiger partial charge on any atom is 0.320 e. The summed E-state index contributed by atoms with van der Waals surface area (Å²) in [5.41, 5.74) is 1.19. The Bertz CT molecular complexity index is 1020. The Morgan fingerprint density at radius 2 is 1.61 bits per heavy atom. The highest BCUT2D eigenvalue weighted by molar-refractivity contribution is 7.99. The summed E-state index contributed by atoms with van der Waals surface area (Å²) in [5, 5.41) is 11.6. The van der Waals surface area contributed by atoms with Crippen LogP contribution in [0.15, 0.2) is 63.2 Å². The summed E-state index contributed by atoms with van der Waals surface area (Å²) in [6, 6.07) is 14.2. The predicted octanol–water partition coefficient (Wildman–Crippen LogP) is 3.28. The first kappa shape index (κ1) is 25.7. The van der Waals surface area contributed by atoms with Gasteiger partial charge in [-0.3, -0.25) is 9.69 Å². The molecule has 0 aliphatic carbocycles. The standard InChI is InChI=1S/C24H32N2O5S2/c1-17(2)23(24(27)28)25-16-22(26-12-14-31-15-13-26)33(29,30)21-10-8-20(9-11-21)32-19-6-4-18(3)5-7-19/h4-11,17,22-23,25H,12-16H2,1-3H3,(H,27,28)/t22?,23-/m1/s1. The molecule has 2 aromatic carbocycles. The van der Waals surface area contributed by atoms with Crippen molar-refractivity contribution < 1.29 is 23.1 Å². The Morgan fingerprint density at radius 1 is 1.06 bits per heavy atom. The number of aliphatic carboxylic acids is 1. The number of hydrogen-bond acceptors (Lipinski definition) is 7. The molecule has 7 nitrogen and oxygen atoms in total. The fourth-order valence-electron chi connectivity index (χ4n) is 3.73. The molecular weight excluding hydrogens is 460 g/mol. The minimum Gasteiger partial charge on any atom is -0.480 e. The molecular formula is C24H32N2O5S2. The lowest BCUT2D eigenvalue weighted by atomic mass is 10.1. The van der Waals surface area contributed by atoms with Crippen molar-refractivity contribution in [2.45, 2.75) is 46.9 Å². The van der Waals surface area contributed by atoms with Gasteiger partial charge < -0.3 is 15.2 Å². The lowest BCUT2D eigenvalue weighted by molar-refractivity contribution is -0.140. The maximum atomic E-state index is 13.6. The van der Waals surface area contributed by atoms with E-state index in [1.54, 1.807) is 37.7 Å². The van der Waals surface area contributed by atoms with Crippen molar-refractivity contribution in [3.8, 4) is 0 Å². The van der Waals surface area contributed by atoms with E-state index in [0.29, 0.717) is 26.3 Å². The van der Waals surface area contributed by atoms with Crippen molar-refractivity contribution in [3.05, 3.63) is 54.1 Å². The van der Waals surface area contributed by atoms with E-state index in [2.05, 4.69) is 5.32 Å². The molecule has 0 aromatic heterocycles. The van der Waals surface area contributed by atoms with E-state index < -0.39 is 27.2 Å². The highest BCUT2D eigenvalue weighted by Crippen LogP contribution is 2.29. The smallest absolute Gasteiger partial charge is 0.320 e. The number of benzene rings is 2. The van der Waals surface area contributed by atoms with E-state index in [1.807, 2.05) is 48.2 Å². The summed E-state index contributed by atoms with van der Waals surface area (Å²) in [4.78, 5) is 15.7. The lowest BCUT2D eigenvalue weighted by Gasteiger charge is -2.35. The molecule has 1 fully saturated rings. The largest absolute Gasteiger partial charge is 0.480 e. The molecule has 1 aliphatic heterocycles. The summed E-state index contributed by atoms with van der Waals surface area (Å²) in [5.74, 6) is -1.16. The van der Waals surface area contributed by atoms with Crippen LogP contribution in [0, 0.1) is 12.8 Å². The Hall–Kier alpha value is -1.91. The lowest BCUT2D eigenvalue weighted by Crippen LogP contribution is -2.54. The maximum absolute atomic E-state index is 13.6. The normalized spacial score (nSPS) is 17.1. The van der Waals surface area contributed by atoms with Gasteiger partial charge in [0.1, 0.15) is 11.4 Å². The Kier molecular flexibility index (Phi) is 8.95. The molecule has 1 heterocycles. The van der Waals surface area contributed by atoms with Crippen LogP contribution in [0.3, 0.4) is 0 Å². The molecule has 1 unspecified atom stereocenters. The van der Waals surface area contributed by atoms with Crippen LogP contribution in [0.5, 0.6) is 0 Å². The average molecular weight is 493 g/mol. The number of nitrogens with zero attached hydrogens (tertiary/aromatic N) is 1. The summed E-state index contributed by atoms with van der Waals surface area (Å²) in [6.07, 6.45) is 0. The molecule has 3 rings (SSSR count). The topological polar surface area (TPSA) is 95.9 Å². The van der Waals surface area contributed by atoms with Gasteiger partial charge in [0.2, 0.25) is 0 Å². The summed E-state index contributed by atoms with van der Waals surface area (Å²) in [7, 11) is -3.74. The third-order valence-corrected chi connectivity index (χ3v) is 8.79. The monoisotopic (exact) mass is 492 g/mol. The minimum absolute atomic E-state index is 0.0251. The number of aryl methyl sites for hydroxylation is 1. The number of ether oxygens (including phenoxy) is 1.